The number of carboxylic acid groups (broad SMARTS) is 1. The third-order valence-electron chi connectivity index (χ3n) is 8.03. The number of methoxy groups -OCH3 is 2. The summed E-state index contributed by atoms with van der Waals surface area (Å²) in [6.45, 7) is 3.60. The fraction of sp³-hybridized carbons (Fsp3) is 0.343. The molecular weight excluding hydrogens is 621 g/mol. The minimum absolute atomic E-state index is 0.0952. The molecule has 2 heterocycles. The summed E-state index contributed by atoms with van der Waals surface area (Å²) in [4.78, 5) is 26.4. The van der Waals surface area contributed by atoms with Crippen LogP contribution in [0.25, 0.3) is 0 Å². The molecule has 47 heavy (non-hydrogen) atoms. The zero-order chi connectivity index (χ0) is 33.2. The Labute approximate surface area is 278 Å². The number of benzene rings is 3. The SMILES string of the molecule is COc1ccc(OC)c(C(c2ccccc2SC)N(C(=O)O)c2ccnc(Nc3ccc(OCCCN4CCCCC4)c(F)c3)n2)c1. The number of thioether (sulfide) groups is 1. The van der Waals surface area contributed by atoms with Crippen LogP contribution in [0.3, 0.4) is 0 Å². The Hall–Kier alpha value is -4.55. The normalized spacial score (nSPS) is 13.9. The number of anilines is 3. The lowest BCUT2D eigenvalue weighted by molar-refractivity contribution is 0.199. The zero-order valence-electron chi connectivity index (χ0n) is 26.8. The highest BCUT2D eigenvalue weighted by molar-refractivity contribution is 7.98. The maximum atomic E-state index is 15.0. The van der Waals surface area contributed by atoms with Gasteiger partial charge >= 0.3 is 6.09 Å². The van der Waals surface area contributed by atoms with Crippen molar-refractivity contribution in [2.24, 2.45) is 0 Å². The summed E-state index contributed by atoms with van der Waals surface area (Å²) in [7, 11) is 3.08. The quantitative estimate of drug-likeness (QED) is 0.103. The fourth-order valence-corrected chi connectivity index (χ4v) is 6.38. The van der Waals surface area contributed by atoms with E-state index in [2.05, 4.69) is 20.2 Å². The van der Waals surface area contributed by atoms with Crippen LogP contribution in [0.4, 0.5) is 26.6 Å². The van der Waals surface area contributed by atoms with Crippen molar-refractivity contribution in [3.05, 3.63) is 89.9 Å². The van der Waals surface area contributed by atoms with Gasteiger partial charge in [-0.25, -0.2) is 19.1 Å². The van der Waals surface area contributed by atoms with Gasteiger partial charge in [-0.2, -0.15) is 4.98 Å². The van der Waals surface area contributed by atoms with Gasteiger partial charge in [0.1, 0.15) is 17.3 Å². The second kappa shape index (κ2) is 16.3. The molecule has 1 unspecified atom stereocenters. The number of hydrogen-bond donors (Lipinski definition) is 2. The van der Waals surface area contributed by atoms with Gasteiger partial charge in [0.2, 0.25) is 5.95 Å². The van der Waals surface area contributed by atoms with Crippen LogP contribution in [0, 0.1) is 5.82 Å². The minimum Gasteiger partial charge on any atom is -0.497 e. The van der Waals surface area contributed by atoms with Gasteiger partial charge in [-0.05, 0) is 86.6 Å². The number of amides is 1. The average molecular weight is 662 g/mol. The average Bonchev–Trinajstić information content (AvgIpc) is 3.10. The van der Waals surface area contributed by atoms with E-state index in [4.69, 9.17) is 14.2 Å². The van der Waals surface area contributed by atoms with Crippen LogP contribution >= 0.6 is 11.8 Å². The standard InChI is InChI=1S/C35H40FN5O5S/c1-44-25-13-15-29(45-2)27(23-25)33(26-10-5-6-11-31(26)47-3)41(35(42)43)32-16-17-37-34(39-32)38-24-12-14-30(28(36)22-24)46-21-9-20-40-18-7-4-8-19-40/h5-6,10-17,22-23,33H,4,7-9,18-21H2,1-3H3,(H,42,43)(H,37,38,39). The van der Waals surface area contributed by atoms with Crippen molar-refractivity contribution in [2.75, 3.05) is 56.9 Å². The highest BCUT2D eigenvalue weighted by Crippen LogP contribution is 2.42. The molecule has 12 heteroatoms. The van der Waals surface area contributed by atoms with E-state index in [-0.39, 0.29) is 17.5 Å². The van der Waals surface area contributed by atoms with Crippen LogP contribution in [-0.2, 0) is 0 Å². The second-order valence-electron chi connectivity index (χ2n) is 11.0. The van der Waals surface area contributed by atoms with Gasteiger partial charge in [0.05, 0.1) is 26.9 Å². The Morgan fingerprint density at radius 3 is 2.53 bits per heavy atom. The lowest BCUT2D eigenvalue weighted by atomic mass is 9.95. The Morgan fingerprint density at radius 2 is 1.81 bits per heavy atom. The summed E-state index contributed by atoms with van der Waals surface area (Å²) in [5, 5.41) is 13.7. The molecule has 3 aromatic carbocycles. The van der Waals surface area contributed by atoms with Crippen molar-refractivity contribution in [1.29, 1.82) is 0 Å². The summed E-state index contributed by atoms with van der Waals surface area (Å²) in [5.41, 5.74) is 1.69. The highest BCUT2D eigenvalue weighted by Gasteiger charge is 2.33. The van der Waals surface area contributed by atoms with Gasteiger partial charge in [0.15, 0.2) is 11.6 Å². The first-order chi connectivity index (χ1) is 22.9. The number of rotatable bonds is 14. The molecule has 0 saturated carbocycles. The maximum Gasteiger partial charge on any atom is 0.413 e. The largest absolute Gasteiger partial charge is 0.497 e. The zero-order valence-corrected chi connectivity index (χ0v) is 27.6. The molecule has 1 aliphatic heterocycles. The first-order valence-corrected chi connectivity index (χ1v) is 16.8. The van der Waals surface area contributed by atoms with Crippen molar-refractivity contribution in [1.82, 2.24) is 14.9 Å². The molecule has 248 valence electrons. The number of halogens is 1. The Bertz CT molecular complexity index is 1650. The smallest absolute Gasteiger partial charge is 0.413 e. The van der Waals surface area contributed by atoms with E-state index in [0.717, 1.165) is 36.5 Å². The molecule has 5 rings (SSSR count). The van der Waals surface area contributed by atoms with Gasteiger partial charge in [0.25, 0.3) is 0 Å². The van der Waals surface area contributed by atoms with Crippen molar-refractivity contribution in [3.63, 3.8) is 0 Å². The molecular formula is C35H40FN5O5S. The number of aromatic nitrogens is 2. The summed E-state index contributed by atoms with van der Waals surface area (Å²) in [5.74, 6) is 0.875. The summed E-state index contributed by atoms with van der Waals surface area (Å²) in [6, 6.07) is 18.0. The first kappa shape index (κ1) is 33.8. The van der Waals surface area contributed by atoms with Crippen molar-refractivity contribution in [2.45, 2.75) is 36.6 Å². The molecule has 0 aliphatic carbocycles. The number of likely N-dealkylation sites (tertiary alicyclic amines) is 1. The molecule has 0 radical (unpaired) electrons. The number of ether oxygens (including phenoxy) is 3. The topological polar surface area (TPSA) is 109 Å². The molecule has 10 nitrogen and oxygen atoms in total. The lowest BCUT2D eigenvalue weighted by Crippen LogP contribution is -2.35. The van der Waals surface area contributed by atoms with Crippen molar-refractivity contribution < 1.29 is 28.5 Å². The van der Waals surface area contributed by atoms with Gasteiger partial charge in [0, 0.05) is 35.0 Å². The molecule has 1 atom stereocenters. The van der Waals surface area contributed by atoms with E-state index in [1.54, 1.807) is 37.4 Å². The molecule has 1 amide bonds. The minimum atomic E-state index is -1.24. The number of nitrogens with one attached hydrogen (secondary N) is 1. The van der Waals surface area contributed by atoms with E-state index in [1.807, 2.05) is 30.5 Å². The van der Waals surface area contributed by atoms with Crippen LogP contribution in [-0.4, -0.2) is 72.8 Å². The summed E-state index contributed by atoms with van der Waals surface area (Å²) >= 11 is 1.50. The van der Waals surface area contributed by atoms with Gasteiger partial charge in [-0.1, -0.05) is 24.6 Å². The van der Waals surface area contributed by atoms with Crippen molar-refractivity contribution >= 4 is 35.3 Å². The maximum absolute atomic E-state index is 15.0. The summed E-state index contributed by atoms with van der Waals surface area (Å²) < 4.78 is 31.9. The summed E-state index contributed by atoms with van der Waals surface area (Å²) in [6.07, 6.45) is 6.72. The molecule has 4 aromatic rings. The fourth-order valence-electron chi connectivity index (χ4n) is 5.75. The number of hydrogen-bond acceptors (Lipinski definition) is 9. The van der Waals surface area contributed by atoms with Gasteiger partial charge in [-0.15, -0.1) is 11.8 Å². The Kier molecular flexibility index (Phi) is 11.7. The molecule has 1 fully saturated rings. The third-order valence-corrected chi connectivity index (χ3v) is 8.84. The van der Waals surface area contributed by atoms with E-state index in [9.17, 15) is 9.90 Å². The Balaban J connectivity index is 1.40. The molecule has 1 aliphatic rings. The molecule has 1 aromatic heterocycles. The van der Waals surface area contributed by atoms with Crippen LogP contribution in [0.2, 0.25) is 0 Å². The highest BCUT2D eigenvalue weighted by atomic mass is 32.2. The van der Waals surface area contributed by atoms with E-state index in [0.29, 0.717) is 29.4 Å². The van der Waals surface area contributed by atoms with Crippen LogP contribution in [0.1, 0.15) is 42.9 Å². The van der Waals surface area contributed by atoms with E-state index in [1.165, 1.54) is 61.4 Å². The predicted octanol–water partition coefficient (Wildman–Crippen LogP) is 7.63. The van der Waals surface area contributed by atoms with Crippen LogP contribution < -0.4 is 24.4 Å². The molecule has 2 N–H and O–H groups in total. The van der Waals surface area contributed by atoms with Crippen LogP contribution in [0.5, 0.6) is 17.2 Å². The number of piperidine rings is 1. The van der Waals surface area contributed by atoms with Gasteiger partial charge in [-0.3, -0.25) is 0 Å². The Morgan fingerprint density at radius 1 is 1.02 bits per heavy atom. The first-order valence-electron chi connectivity index (χ1n) is 15.5. The van der Waals surface area contributed by atoms with E-state index >= 15 is 4.39 Å². The number of carbonyl (C=O) groups is 1. The lowest BCUT2D eigenvalue weighted by Gasteiger charge is -2.31. The third kappa shape index (κ3) is 8.44. The van der Waals surface area contributed by atoms with E-state index < -0.39 is 18.0 Å². The number of nitrogens with zero attached hydrogens (tertiary/aromatic N) is 4. The molecule has 0 bridgehead atoms. The van der Waals surface area contributed by atoms with Crippen molar-refractivity contribution in [3.8, 4) is 17.2 Å². The monoisotopic (exact) mass is 661 g/mol. The second-order valence-corrected chi connectivity index (χ2v) is 11.9. The molecule has 0 spiro atoms. The molecule has 1 saturated heterocycles. The predicted molar refractivity (Wildman–Crippen MR) is 182 cm³/mol. The van der Waals surface area contributed by atoms with Gasteiger partial charge < -0.3 is 29.5 Å². The van der Waals surface area contributed by atoms with Crippen LogP contribution in [0.15, 0.2) is 77.8 Å².